The van der Waals surface area contributed by atoms with Crippen LogP contribution in [-0.4, -0.2) is 47.3 Å². The third kappa shape index (κ3) is 4.88. The maximum atomic E-state index is 12.2. The third-order valence-corrected chi connectivity index (χ3v) is 3.91. The lowest BCUT2D eigenvalue weighted by Gasteiger charge is -2.15. The maximum Gasteiger partial charge on any atom is 0.326 e. The Hall–Kier alpha value is -3.23. The molecule has 0 spiro atoms. The molecule has 0 radical (unpaired) electrons. The number of carbonyl (C=O) groups excluding carboxylic acids is 2. The first kappa shape index (κ1) is 19.1. The summed E-state index contributed by atoms with van der Waals surface area (Å²) < 4.78 is 7.01. The van der Waals surface area contributed by atoms with Crippen LogP contribution in [-0.2, 0) is 16.1 Å². The van der Waals surface area contributed by atoms with E-state index in [0.29, 0.717) is 12.2 Å². The van der Waals surface area contributed by atoms with E-state index in [1.807, 2.05) is 24.3 Å². The number of rotatable bonds is 9. The number of hydrogen-bond acceptors (Lipinski definition) is 4. The Morgan fingerprint density at radius 2 is 2.08 bits per heavy atom. The Balaban J connectivity index is 1.97. The first-order valence-electron chi connectivity index (χ1n) is 8.09. The number of amides is 3. The fourth-order valence-corrected chi connectivity index (χ4v) is 2.68. The summed E-state index contributed by atoms with van der Waals surface area (Å²) >= 11 is 0. The molecule has 0 aliphatic carbocycles. The normalized spacial score (nSPS) is 11.7. The summed E-state index contributed by atoms with van der Waals surface area (Å²) in [7, 11) is 1.57. The van der Waals surface area contributed by atoms with Gasteiger partial charge in [0.1, 0.15) is 18.3 Å². The van der Waals surface area contributed by atoms with E-state index in [4.69, 9.17) is 10.5 Å². The van der Waals surface area contributed by atoms with Crippen molar-refractivity contribution in [2.45, 2.75) is 25.4 Å². The SMILES string of the molecule is COc1cccc2c1ccn2CC(=O)N[C@H](CCCNC(N)=O)C(=O)O. The Bertz CT molecular complexity index is 802. The lowest BCUT2D eigenvalue weighted by molar-refractivity contribution is -0.142. The van der Waals surface area contributed by atoms with Crippen molar-refractivity contribution in [1.29, 1.82) is 0 Å². The van der Waals surface area contributed by atoms with Gasteiger partial charge in [-0.05, 0) is 31.0 Å². The van der Waals surface area contributed by atoms with Crippen molar-refractivity contribution < 1.29 is 24.2 Å². The summed E-state index contributed by atoms with van der Waals surface area (Å²) in [4.78, 5) is 34.2. The van der Waals surface area contributed by atoms with Gasteiger partial charge < -0.3 is 30.8 Å². The number of aliphatic carboxylic acids is 1. The van der Waals surface area contributed by atoms with Gasteiger partial charge in [0.2, 0.25) is 5.91 Å². The molecule has 9 nitrogen and oxygen atoms in total. The van der Waals surface area contributed by atoms with Gasteiger partial charge >= 0.3 is 12.0 Å². The number of carbonyl (C=O) groups is 3. The molecule has 0 aliphatic rings. The molecule has 0 bridgehead atoms. The van der Waals surface area contributed by atoms with Crippen LogP contribution in [0, 0.1) is 0 Å². The molecule has 1 aromatic carbocycles. The second-order valence-corrected chi connectivity index (χ2v) is 5.73. The average Bonchev–Trinajstić information content (AvgIpc) is 3.00. The van der Waals surface area contributed by atoms with Crippen molar-refractivity contribution >= 4 is 28.8 Å². The minimum Gasteiger partial charge on any atom is -0.496 e. The molecule has 9 heteroatoms. The standard InChI is InChI=1S/C17H22N4O5/c1-26-14-6-2-5-13-11(14)7-9-21(13)10-15(22)20-12(16(23)24)4-3-8-19-17(18)25/h2,5-7,9,12H,3-4,8,10H2,1H3,(H,20,22)(H,23,24)(H3,18,19,25)/t12-/m1/s1. The first-order valence-corrected chi connectivity index (χ1v) is 8.09. The highest BCUT2D eigenvalue weighted by molar-refractivity contribution is 5.89. The molecule has 0 unspecified atom stereocenters. The molecule has 1 heterocycles. The molecule has 0 aliphatic heterocycles. The number of nitrogens with zero attached hydrogens (tertiary/aromatic N) is 1. The van der Waals surface area contributed by atoms with E-state index in [-0.39, 0.29) is 19.5 Å². The van der Waals surface area contributed by atoms with Crippen LogP contribution in [0.5, 0.6) is 5.75 Å². The van der Waals surface area contributed by atoms with Gasteiger partial charge in [-0.1, -0.05) is 6.07 Å². The largest absolute Gasteiger partial charge is 0.496 e. The minimum absolute atomic E-state index is 0.0139. The lowest BCUT2D eigenvalue weighted by Crippen LogP contribution is -2.42. The zero-order valence-electron chi connectivity index (χ0n) is 14.4. The molecule has 2 rings (SSSR count). The molecular formula is C17H22N4O5. The smallest absolute Gasteiger partial charge is 0.326 e. The number of primary amides is 1. The number of benzene rings is 1. The second kappa shape index (κ2) is 8.75. The van der Waals surface area contributed by atoms with Gasteiger partial charge in [-0.15, -0.1) is 0 Å². The number of fused-ring (bicyclic) bond motifs is 1. The zero-order valence-corrected chi connectivity index (χ0v) is 14.4. The van der Waals surface area contributed by atoms with Crippen molar-refractivity contribution in [3.63, 3.8) is 0 Å². The van der Waals surface area contributed by atoms with Crippen LogP contribution in [0.1, 0.15) is 12.8 Å². The lowest BCUT2D eigenvalue weighted by atomic mass is 10.1. The summed E-state index contributed by atoms with van der Waals surface area (Å²) in [5.41, 5.74) is 5.76. The molecule has 140 valence electrons. The number of nitrogens with two attached hydrogens (primary N) is 1. The quantitative estimate of drug-likeness (QED) is 0.486. The van der Waals surface area contributed by atoms with Crippen molar-refractivity contribution in [3.8, 4) is 5.75 Å². The van der Waals surface area contributed by atoms with Crippen LogP contribution in [0.4, 0.5) is 4.79 Å². The average molecular weight is 362 g/mol. The van der Waals surface area contributed by atoms with Gasteiger partial charge in [0, 0.05) is 18.1 Å². The molecule has 5 N–H and O–H groups in total. The fraction of sp³-hybridized carbons (Fsp3) is 0.353. The van der Waals surface area contributed by atoms with Gasteiger partial charge in [0.15, 0.2) is 0 Å². The molecule has 26 heavy (non-hydrogen) atoms. The number of carboxylic acids is 1. The van der Waals surface area contributed by atoms with E-state index < -0.39 is 23.9 Å². The van der Waals surface area contributed by atoms with E-state index >= 15 is 0 Å². The Morgan fingerprint density at radius 1 is 1.31 bits per heavy atom. The first-order chi connectivity index (χ1) is 12.4. The van der Waals surface area contributed by atoms with E-state index in [1.54, 1.807) is 17.9 Å². The van der Waals surface area contributed by atoms with Crippen LogP contribution >= 0.6 is 0 Å². The fourth-order valence-electron chi connectivity index (χ4n) is 2.68. The molecular weight excluding hydrogens is 340 g/mol. The zero-order chi connectivity index (χ0) is 19.1. The number of methoxy groups -OCH3 is 1. The van der Waals surface area contributed by atoms with Gasteiger partial charge in [-0.3, -0.25) is 4.79 Å². The summed E-state index contributed by atoms with van der Waals surface area (Å²) in [5.74, 6) is -0.843. The number of hydrogen-bond donors (Lipinski definition) is 4. The van der Waals surface area contributed by atoms with Crippen molar-refractivity contribution in [3.05, 3.63) is 30.5 Å². The van der Waals surface area contributed by atoms with Crippen molar-refractivity contribution in [2.24, 2.45) is 5.73 Å². The highest BCUT2D eigenvalue weighted by Gasteiger charge is 2.20. The summed E-state index contributed by atoms with van der Waals surface area (Å²) in [5, 5.41) is 15.0. The molecule has 0 saturated heterocycles. The molecule has 1 atom stereocenters. The van der Waals surface area contributed by atoms with Crippen LogP contribution in [0.15, 0.2) is 30.5 Å². The molecule has 0 fully saturated rings. The summed E-state index contributed by atoms with van der Waals surface area (Å²) in [6.45, 7) is 0.233. The Morgan fingerprint density at radius 3 is 2.73 bits per heavy atom. The van der Waals surface area contributed by atoms with Crippen molar-refractivity contribution in [1.82, 2.24) is 15.2 Å². The number of ether oxygens (including phenoxy) is 1. The molecule has 2 aromatic rings. The third-order valence-electron chi connectivity index (χ3n) is 3.91. The van der Waals surface area contributed by atoms with Crippen LogP contribution in [0.25, 0.3) is 10.9 Å². The molecule has 0 saturated carbocycles. The number of aromatic nitrogens is 1. The topological polar surface area (TPSA) is 136 Å². The van der Waals surface area contributed by atoms with Crippen LogP contribution in [0.2, 0.25) is 0 Å². The highest BCUT2D eigenvalue weighted by atomic mass is 16.5. The van der Waals surface area contributed by atoms with Crippen molar-refractivity contribution in [2.75, 3.05) is 13.7 Å². The predicted octanol–water partition coefficient (Wildman–Crippen LogP) is 0.668. The van der Waals surface area contributed by atoms with Gasteiger partial charge in [0.05, 0.1) is 12.6 Å². The maximum absolute atomic E-state index is 12.2. The monoisotopic (exact) mass is 362 g/mol. The second-order valence-electron chi connectivity index (χ2n) is 5.73. The number of nitrogens with one attached hydrogen (secondary N) is 2. The highest BCUT2D eigenvalue weighted by Crippen LogP contribution is 2.26. The number of carboxylic acid groups (broad SMARTS) is 1. The van der Waals surface area contributed by atoms with E-state index in [1.165, 1.54) is 0 Å². The summed E-state index contributed by atoms with van der Waals surface area (Å²) in [6, 6.07) is 5.64. The van der Waals surface area contributed by atoms with Crippen LogP contribution < -0.4 is 21.1 Å². The molecule has 3 amide bonds. The van der Waals surface area contributed by atoms with Gasteiger partial charge in [0.25, 0.3) is 0 Å². The van der Waals surface area contributed by atoms with Gasteiger partial charge in [-0.2, -0.15) is 0 Å². The minimum atomic E-state index is -1.13. The Kier molecular flexibility index (Phi) is 6.42. The van der Waals surface area contributed by atoms with E-state index in [9.17, 15) is 19.5 Å². The van der Waals surface area contributed by atoms with E-state index in [2.05, 4.69) is 10.6 Å². The Labute approximate surface area is 150 Å². The van der Waals surface area contributed by atoms with Gasteiger partial charge in [-0.25, -0.2) is 9.59 Å². The number of urea groups is 1. The predicted molar refractivity (Wildman–Crippen MR) is 94.9 cm³/mol. The molecule has 1 aromatic heterocycles. The van der Waals surface area contributed by atoms with E-state index in [0.717, 1.165) is 10.9 Å². The summed E-state index contributed by atoms with van der Waals surface area (Å²) in [6.07, 6.45) is 2.31. The van der Waals surface area contributed by atoms with Crippen LogP contribution in [0.3, 0.4) is 0 Å².